The highest BCUT2D eigenvalue weighted by Crippen LogP contribution is 2.27. The number of sulfonamides is 1. The predicted octanol–water partition coefficient (Wildman–Crippen LogP) is 5.40. The quantitative estimate of drug-likeness (QED) is 0.347. The van der Waals surface area contributed by atoms with Gasteiger partial charge in [-0.3, -0.25) is 13.9 Å². The second-order valence-corrected chi connectivity index (χ2v) is 11.6. The highest BCUT2D eigenvalue weighted by atomic mass is 35.5. The van der Waals surface area contributed by atoms with E-state index in [1.165, 1.54) is 29.2 Å². The normalized spacial score (nSPS) is 13.1. The zero-order chi connectivity index (χ0) is 27.8. The first-order valence-electron chi connectivity index (χ1n) is 12.1. The van der Waals surface area contributed by atoms with Gasteiger partial charge in [0.05, 0.1) is 11.9 Å². The number of carbonyl (C=O) groups is 2. The molecule has 0 aliphatic rings. The first kappa shape index (κ1) is 30.9. The van der Waals surface area contributed by atoms with Crippen molar-refractivity contribution in [3.63, 3.8) is 0 Å². The summed E-state index contributed by atoms with van der Waals surface area (Å²) in [5.41, 5.74) is 0.827. The Morgan fingerprint density at radius 2 is 1.62 bits per heavy atom. The molecular weight excluding hydrogens is 540 g/mol. The SMILES string of the molecule is CC[C@@H](C)NC(=O)[C@@H](CC)N(Cc1c(Cl)cccc1Cl)C(=O)CCCN(c1ccc(F)cc1)S(C)(=O)=O. The molecule has 7 nitrogen and oxygen atoms in total. The topological polar surface area (TPSA) is 86.8 Å². The summed E-state index contributed by atoms with van der Waals surface area (Å²) in [6, 6.07) is 9.29. The Hall–Kier alpha value is -2.36. The van der Waals surface area contributed by atoms with E-state index >= 15 is 0 Å². The van der Waals surface area contributed by atoms with Crippen molar-refractivity contribution in [1.29, 1.82) is 0 Å². The fourth-order valence-corrected chi connectivity index (χ4v) is 5.31. The number of carbonyl (C=O) groups excluding carboxylic acids is 2. The van der Waals surface area contributed by atoms with Crippen molar-refractivity contribution in [2.24, 2.45) is 0 Å². The van der Waals surface area contributed by atoms with E-state index in [1.807, 2.05) is 20.8 Å². The van der Waals surface area contributed by atoms with E-state index in [9.17, 15) is 22.4 Å². The zero-order valence-corrected chi connectivity index (χ0v) is 23.8. The second-order valence-electron chi connectivity index (χ2n) is 8.88. The van der Waals surface area contributed by atoms with Crippen LogP contribution in [0.15, 0.2) is 42.5 Å². The monoisotopic (exact) mass is 573 g/mol. The molecule has 0 heterocycles. The van der Waals surface area contributed by atoms with Gasteiger partial charge in [0, 0.05) is 41.2 Å². The summed E-state index contributed by atoms with van der Waals surface area (Å²) in [7, 11) is -3.67. The van der Waals surface area contributed by atoms with Crippen LogP contribution in [0.3, 0.4) is 0 Å². The van der Waals surface area contributed by atoms with E-state index in [1.54, 1.807) is 18.2 Å². The summed E-state index contributed by atoms with van der Waals surface area (Å²) in [6.07, 6.45) is 2.30. The van der Waals surface area contributed by atoms with Crippen LogP contribution in [0.25, 0.3) is 0 Å². The average molecular weight is 575 g/mol. The van der Waals surface area contributed by atoms with Gasteiger partial charge in [-0.25, -0.2) is 12.8 Å². The van der Waals surface area contributed by atoms with Crippen LogP contribution in [-0.2, 0) is 26.2 Å². The molecule has 0 aliphatic heterocycles. The van der Waals surface area contributed by atoms with E-state index in [0.717, 1.165) is 17.0 Å². The average Bonchev–Trinajstić information content (AvgIpc) is 2.83. The van der Waals surface area contributed by atoms with Crippen LogP contribution in [0.2, 0.25) is 10.0 Å². The van der Waals surface area contributed by atoms with Gasteiger partial charge in [0.15, 0.2) is 0 Å². The summed E-state index contributed by atoms with van der Waals surface area (Å²) in [4.78, 5) is 28.0. The molecule has 0 radical (unpaired) electrons. The number of hydrogen-bond donors (Lipinski definition) is 1. The minimum absolute atomic E-state index is 0.00670. The van der Waals surface area contributed by atoms with Crippen molar-refractivity contribution < 1.29 is 22.4 Å². The van der Waals surface area contributed by atoms with Crippen molar-refractivity contribution in [2.45, 2.75) is 65.1 Å². The summed E-state index contributed by atoms with van der Waals surface area (Å²) in [6.45, 7) is 5.68. The molecule has 0 aliphatic carbocycles. The molecule has 0 aromatic heterocycles. The molecule has 0 fully saturated rings. The Labute approximate surface area is 229 Å². The molecule has 2 aromatic rings. The molecule has 2 amide bonds. The molecule has 0 bridgehead atoms. The molecule has 0 saturated carbocycles. The lowest BCUT2D eigenvalue weighted by molar-refractivity contribution is -0.141. The maximum absolute atomic E-state index is 13.5. The number of rotatable bonds is 13. The first-order chi connectivity index (χ1) is 17.4. The lowest BCUT2D eigenvalue weighted by Crippen LogP contribution is -2.50. The van der Waals surface area contributed by atoms with Crippen molar-refractivity contribution in [2.75, 3.05) is 17.1 Å². The van der Waals surface area contributed by atoms with Crippen LogP contribution in [0.1, 0.15) is 52.0 Å². The van der Waals surface area contributed by atoms with Crippen LogP contribution in [0, 0.1) is 5.82 Å². The number of hydrogen-bond acceptors (Lipinski definition) is 4. The van der Waals surface area contributed by atoms with E-state index in [2.05, 4.69) is 5.32 Å². The molecule has 0 spiro atoms. The van der Waals surface area contributed by atoms with E-state index < -0.39 is 21.9 Å². The van der Waals surface area contributed by atoms with Gasteiger partial charge in [0.2, 0.25) is 21.8 Å². The number of nitrogens with zero attached hydrogens (tertiary/aromatic N) is 2. The molecule has 37 heavy (non-hydrogen) atoms. The van der Waals surface area contributed by atoms with Gasteiger partial charge in [0.25, 0.3) is 0 Å². The molecule has 1 N–H and O–H groups in total. The molecule has 0 unspecified atom stereocenters. The lowest BCUT2D eigenvalue weighted by Gasteiger charge is -2.32. The van der Waals surface area contributed by atoms with Gasteiger partial charge in [0.1, 0.15) is 11.9 Å². The number of nitrogens with one attached hydrogen (secondary N) is 1. The van der Waals surface area contributed by atoms with E-state index in [4.69, 9.17) is 23.2 Å². The van der Waals surface area contributed by atoms with Gasteiger partial charge in [-0.1, -0.05) is 43.1 Å². The van der Waals surface area contributed by atoms with Crippen molar-refractivity contribution in [3.05, 3.63) is 63.9 Å². The fraction of sp³-hybridized carbons (Fsp3) is 0.462. The van der Waals surface area contributed by atoms with Crippen LogP contribution in [0.5, 0.6) is 0 Å². The summed E-state index contributed by atoms with van der Waals surface area (Å²) in [5.74, 6) is -1.10. The number of amides is 2. The number of halogens is 3. The largest absolute Gasteiger partial charge is 0.352 e. The van der Waals surface area contributed by atoms with Crippen LogP contribution >= 0.6 is 23.2 Å². The Balaban J connectivity index is 2.27. The van der Waals surface area contributed by atoms with Gasteiger partial charge in [-0.2, -0.15) is 0 Å². The molecule has 2 atom stereocenters. The maximum atomic E-state index is 13.5. The Morgan fingerprint density at radius 1 is 1.03 bits per heavy atom. The lowest BCUT2D eigenvalue weighted by atomic mass is 10.1. The highest BCUT2D eigenvalue weighted by Gasteiger charge is 2.30. The molecule has 0 saturated heterocycles. The van der Waals surface area contributed by atoms with Crippen LogP contribution < -0.4 is 9.62 Å². The first-order valence-corrected chi connectivity index (χ1v) is 14.7. The molecule has 204 valence electrons. The van der Waals surface area contributed by atoms with E-state index in [0.29, 0.717) is 27.7 Å². The second kappa shape index (κ2) is 14.0. The molecule has 11 heteroatoms. The van der Waals surface area contributed by atoms with Gasteiger partial charge >= 0.3 is 0 Å². The smallest absolute Gasteiger partial charge is 0.243 e. The third kappa shape index (κ3) is 8.86. The fourth-order valence-electron chi connectivity index (χ4n) is 3.83. The van der Waals surface area contributed by atoms with Gasteiger partial charge in [-0.15, -0.1) is 0 Å². The van der Waals surface area contributed by atoms with Crippen molar-refractivity contribution in [3.8, 4) is 0 Å². The van der Waals surface area contributed by atoms with Gasteiger partial charge < -0.3 is 10.2 Å². The standard InChI is InChI=1S/C26H34Cl2FN3O4S/c1-5-18(3)30-26(34)24(6-2)31(17-21-22(27)9-7-10-23(21)28)25(33)11-8-16-32(37(4,35)36)20-14-12-19(29)13-15-20/h7,9-10,12-15,18,24H,5-6,8,11,16-17H2,1-4H3,(H,30,34)/t18-,24-/m1/s1. The highest BCUT2D eigenvalue weighted by molar-refractivity contribution is 7.92. The Bertz CT molecular complexity index is 1160. The zero-order valence-electron chi connectivity index (χ0n) is 21.5. The summed E-state index contributed by atoms with van der Waals surface area (Å²) < 4.78 is 39.2. The molecular formula is C26H34Cl2FN3O4S. The summed E-state index contributed by atoms with van der Waals surface area (Å²) in [5, 5.41) is 3.69. The van der Waals surface area contributed by atoms with Crippen LogP contribution in [0.4, 0.5) is 10.1 Å². The minimum Gasteiger partial charge on any atom is -0.352 e. The van der Waals surface area contributed by atoms with Crippen LogP contribution in [-0.4, -0.2) is 50.0 Å². The predicted molar refractivity (Wildman–Crippen MR) is 147 cm³/mol. The Kier molecular flexibility index (Phi) is 11.7. The molecule has 2 rings (SSSR count). The van der Waals surface area contributed by atoms with Crippen molar-refractivity contribution in [1.82, 2.24) is 10.2 Å². The van der Waals surface area contributed by atoms with Gasteiger partial charge in [-0.05, 0) is 62.6 Å². The molecule has 2 aromatic carbocycles. The summed E-state index contributed by atoms with van der Waals surface area (Å²) >= 11 is 12.7. The maximum Gasteiger partial charge on any atom is 0.243 e. The van der Waals surface area contributed by atoms with Crippen molar-refractivity contribution >= 4 is 50.7 Å². The third-order valence-corrected chi connectivity index (χ3v) is 7.95. The Morgan fingerprint density at radius 3 is 2.14 bits per heavy atom. The number of benzene rings is 2. The number of anilines is 1. The van der Waals surface area contributed by atoms with E-state index in [-0.39, 0.29) is 43.8 Å². The third-order valence-electron chi connectivity index (χ3n) is 6.04. The minimum atomic E-state index is -3.67.